The first-order valence-electron chi connectivity index (χ1n) is 6.82. The van der Waals surface area contributed by atoms with E-state index in [0.717, 1.165) is 24.4 Å². The van der Waals surface area contributed by atoms with E-state index in [4.69, 9.17) is 12.2 Å². The lowest BCUT2D eigenvalue weighted by Crippen LogP contribution is -2.26. The normalized spacial score (nSPS) is 18.8. The summed E-state index contributed by atoms with van der Waals surface area (Å²) in [5.74, 6) is 0.830. The van der Waals surface area contributed by atoms with E-state index in [-0.39, 0.29) is 0 Å². The topological polar surface area (TPSA) is 36.4 Å². The molecule has 2 N–H and O–H groups in total. The molecule has 4 heteroatoms. The summed E-state index contributed by atoms with van der Waals surface area (Å²) in [6.45, 7) is 4.37. The van der Waals surface area contributed by atoms with Crippen molar-refractivity contribution in [1.82, 2.24) is 5.43 Å². The summed E-state index contributed by atoms with van der Waals surface area (Å²) in [7, 11) is 0. The smallest absolute Gasteiger partial charge is 0.191 e. The van der Waals surface area contributed by atoms with Gasteiger partial charge in [-0.2, -0.15) is 5.10 Å². The molecule has 0 aliphatic heterocycles. The maximum atomic E-state index is 5.23. The van der Waals surface area contributed by atoms with Crippen molar-refractivity contribution in [2.75, 3.05) is 5.32 Å². The molecule has 1 fully saturated rings. The number of benzene rings is 1. The van der Waals surface area contributed by atoms with Crippen LogP contribution in [0.5, 0.6) is 0 Å². The molecule has 1 aliphatic carbocycles. The quantitative estimate of drug-likeness (QED) is 0.636. The highest BCUT2D eigenvalue weighted by Gasteiger charge is 2.13. The zero-order valence-electron chi connectivity index (χ0n) is 11.6. The van der Waals surface area contributed by atoms with Gasteiger partial charge in [0.15, 0.2) is 5.11 Å². The minimum Gasteiger partial charge on any atom is -0.331 e. The monoisotopic (exact) mass is 275 g/mol. The van der Waals surface area contributed by atoms with E-state index in [1.807, 2.05) is 12.1 Å². The minimum atomic E-state index is 0.551. The van der Waals surface area contributed by atoms with Crippen LogP contribution in [0.25, 0.3) is 0 Å². The van der Waals surface area contributed by atoms with Crippen LogP contribution in [0.15, 0.2) is 29.4 Å². The van der Waals surface area contributed by atoms with Gasteiger partial charge < -0.3 is 5.32 Å². The Morgan fingerprint density at radius 3 is 2.47 bits per heavy atom. The number of hydrogen-bond donors (Lipinski definition) is 2. The molecule has 2 rings (SSSR count). The number of thiocarbonyl (C=S) groups is 1. The second-order valence-electron chi connectivity index (χ2n) is 5.29. The predicted octanol–water partition coefficient (Wildman–Crippen LogP) is 3.85. The molecule has 102 valence electrons. The first-order valence-corrected chi connectivity index (χ1v) is 7.23. The van der Waals surface area contributed by atoms with Gasteiger partial charge >= 0.3 is 0 Å². The number of nitrogens with one attached hydrogen (secondary N) is 2. The van der Waals surface area contributed by atoms with Crippen LogP contribution in [0.4, 0.5) is 5.69 Å². The van der Waals surface area contributed by atoms with Crippen molar-refractivity contribution in [3.8, 4) is 0 Å². The number of rotatable bonds is 2. The Morgan fingerprint density at radius 1 is 1.21 bits per heavy atom. The fourth-order valence-electron chi connectivity index (χ4n) is 2.13. The van der Waals surface area contributed by atoms with Crippen LogP contribution < -0.4 is 10.7 Å². The number of hydrazone groups is 1. The molecule has 0 saturated heterocycles. The van der Waals surface area contributed by atoms with Gasteiger partial charge in [0.2, 0.25) is 0 Å². The molecule has 3 nitrogen and oxygen atoms in total. The maximum Gasteiger partial charge on any atom is 0.191 e. The molecular weight excluding hydrogens is 254 g/mol. The van der Waals surface area contributed by atoms with Crippen LogP contribution >= 0.6 is 12.2 Å². The van der Waals surface area contributed by atoms with E-state index in [2.05, 4.69) is 41.8 Å². The highest BCUT2D eigenvalue weighted by Crippen LogP contribution is 2.21. The fraction of sp³-hybridized carbons (Fsp3) is 0.467. The van der Waals surface area contributed by atoms with E-state index < -0.39 is 0 Å². The zero-order chi connectivity index (χ0) is 13.7. The van der Waals surface area contributed by atoms with E-state index in [0.29, 0.717) is 5.11 Å². The van der Waals surface area contributed by atoms with Crippen LogP contribution in [0.2, 0.25) is 0 Å². The first-order chi connectivity index (χ1) is 9.13. The fourth-order valence-corrected chi connectivity index (χ4v) is 2.30. The predicted molar refractivity (Wildman–Crippen MR) is 85.6 cm³/mol. The maximum absolute atomic E-state index is 5.23. The average molecular weight is 275 g/mol. The van der Waals surface area contributed by atoms with Crippen molar-refractivity contribution in [1.29, 1.82) is 0 Å². The Balaban J connectivity index is 1.81. The van der Waals surface area contributed by atoms with Gasteiger partial charge in [0.05, 0.1) is 0 Å². The van der Waals surface area contributed by atoms with Gasteiger partial charge in [-0.1, -0.05) is 24.6 Å². The third-order valence-corrected chi connectivity index (χ3v) is 3.67. The lowest BCUT2D eigenvalue weighted by atomic mass is 9.90. The molecule has 1 aromatic rings. The highest BCUT2D eigenvalue weighted by atomic mass is 32.1. The summed E-state index contributed by atoms with van der Waals surface area (Å²) in [6.07, 6.45) is 4.64. The SMILES string of the molecule is Cc1ccc(NC(=S)NN=C2CCC(C)CC2)cc1. The minimum absolute atomic E-state index is 0.551. The Hall–Kier alpha value is -1.42. The third-order valence-electron chi connectivity index (χ3n) is 3.48. The van der Waals surface area contributed by atoms with Crippen molar-refractivity contribution in [2.45, 2.75) is 39.5 Å². The summed E-state index contributed by atoms with van der Waals surface area (Å²) in [5, 5.41) is 8.08. The average Bonchev–Trinajstić information content (AvgIpc) is 2.41. The third kappa shape index (κ3) is 4.63. The Morgan fingerprint density at radius 2 is 1.84 bits per heavy atom. The van der Waals surface area contributed by atoms with Crippen LogP contribution in [0.1, 0.15) is 38.2 Å². The summed E-state index contributed by atoms with van der Waals surface area (Å²) in [6, 6.07) is 8.14. The standard InChI is InChI=1S/C15H21N3S/c1-11-3-7-13(8-4-11)16-15(19)18-17-14-9-5-12(2)6-10-14/h3-4,7-8,12H,5-6,9-10H2,1-2H3,(H2,16,18,19). The summed E-state index contributed by atoms with van der Waals surface area (Å²) in [4.78, 5) is 0. The molecule has 0 spiro atoms. The van der Waals surface area contributed by atoms with Crippen LogP contribution in [-0.2, 0) is 0 Å². The molecule has 0 aromatic heterocycles. The van der Waals surface area contributed by atoms with Crippen molar-refractivity contribution in [3.63, 3.8) is 0 Å². The molecule has 1 saturated carbocycles. The molecule has 0 heterocycles. The first kappa shape index (κ1) is 14.0. The molecular formula is C15H21N3S. The van der Waals surface area contributed by atoms with E-state index in [1.54, 1.807) is 0 Å². The molecule has 0 radical (unpaired) electrons. The van der Waals surface area contributed by atoms with Gasteiger partial charge in [0.25, 0.3) is 0 Å². The number of anilines is 1. The van der Waals surface area contributed by atoms with Gasteiger partial charge in [0, 0.05) is 11.4 Å². The number of hydrogen-bond acceptors (Lipinski definition) is 2. The Labute approximate surface area is 120 Å². The van der Waals surface area contributed by atoms with Crippen LogP contribution in [0, 0.1) is 12.8 Å². The molecule has 0 bridgehead atoms. The summed E-state index contributed by atoms with van der Waals surface area (Å²) < 4.78 is 0. The largest absolute Gasteiger partial charge is 0.331 e. The number of nitrogens with zero attached hydrogens (tertiary/aromatic N) is 1. The molecule has 1 aromatic carbocycles. The summed E-state index contributed by atoms with van der Waals surface area (Å²) in [5.41, 5.74) is 6.39. The lowest BCUT2D eigenvalue weighted by Gasteiger charge is -2.19. The zero-order valence-corrected chi connectivity index (χ0v) is 12.4. The highest BCUT2D eigenvalue weighted by molar-refractivity contribution is 7.80. The van der Waals surface area contributed by atoms with E-state index >= 15 is 0 Å². The molecule has 1 aliphatic rings. The van der Waals surface area contributed by atoms with Crippen LogP contribution in [-0.4, -0.2) is 10.8 Å². The second kappa shape index (κ2) is 6.66. The van der Waals surface area contributed by atoms with E-state index in [9.17, 15) is 0 Å². The molecule has 0 atom stereocenters. The number of aryl methyl sites for hydroxylation is 1. The van der Waals surface area contributed by atoms with Gasteiger partial charge in [-0.25, -0.2) is 0 Å². The Bertz CT molecular complexity index is 455. The van der Waals surface area contributed by atoms with Gasteiger partial charge in [-0.3, -0.25) is 5.43 Å². The Kier molecular flexibility index (Phi) is 4.91. The van der Waals surface area contributed by atoms with Crippen molar-refractivity contribution < 1.29 is 0 Å². The second-order valence-corrected chi connectivity index (χ2v) is 5.70. The van der Waals surface area contributed by atoms with Crippen molar-refractivity contribution in [2.24, 2.45) is 11.0 Å². The van der Waals surface area contributed by atoms with Crippen molar-refractivity contribution in [3.05, 3.63) is 29.8 Å². The summed E-state index contributed by atoms with van der Waals surface area (Å²) >= 11 is 5.23. The van der Waals surface area contributed by atoms with Gasteiger partial charge in [-0.05, 0) is 62.9 Å². The molecule has 19 heavy (non-hydrogen) atoms. The molecule has 0 unspecified atom stereocenters. The molecule has 0 amide bonds. The van der Waals surface area contributed by atoms with E-state index in [1.165, 1.54) is 24.1 Å². The van der Waals surface area contributed by atoms with Crippen LogP contribution in [0.3, 0.4) is 0 Å². The van der Waals surface area contributed by atoms with Crippen molar-refractivity contribution >= 4 is 28.7 Å². The van der Waals surface area contributed by atoms with Gasteiger partial charge in [0.1, 0.15) is 0 Å². The lowest BCUT2D eigenvalue weighted by molar-refractivity contribution is 0.482. The van der Waals surface area contributed by atoms with Gasteiger partial charge in [-0.15, -0.1) is 0 Å².